The molecule has 0 saturated heterocycles. The summed E-state index contributed by atoms with van der Waals surface area (Å²) in [6.45, 7) is 5.40. The molecule has 0 unspecified atom stereocenters. The fourth-order valence-electron chi connectivity index (χ4n) is 1.74. The van der Waals surface area contributed by atoms with Gasteiger partial charge in [-0.1, -0.05) is 6.92 Å². The van der Waals surface area contributed by atoms with Crippen LogP contribution in [0.5, 0.6) is 0 Å². The van der Waals surface area contributed by atoms with Gasteiger partial charge in [-0.05, 0) is 20.0 Å². The first kappa shape index (κ1) is 20.0. The van der Waals surface area contributed by atoms with E-state index >= 15 is 0 Å². The molecular formula is C14H28N2O5. The second-order valence-corrected chi connectivity index (χ2v) is 4.61. The molecule has 0 heterocycles. The van der Waals surface area contributed by atoms with E-state index in [0.29, 0.717) is 45.8 Å². The van der Waals surface area contributed by atoms with E-state index in [9.17, 15) is 9.59 Å². The molecule has 0 aromatic rings. The van der Waals surface area contributed by atoms with E-state index in [1.807, 2.05) is 14.0 Å². The molecule has 0 spiro atoms. The van der Waals surface area contributed by atoms with Crippen molar-refractivity contribution in [2.75, 3.05) is 46.6 Å². The number of aliphatic carboxylic acids is 1. The quantitative estimate of drug-likeness (QED) is 0.368. The van der Waals surface area contributed by atoms with Gasteiger partial charge in [0.15, 0.2) is 0 Å². The van der Waals surface area contributed by atoms with E-state index in [0.717, 1.165) is 6.54 Å². The molecule has 0 radical (unpaired) electrons. The third-order valence-corrected chi connectivity index (χ3v) is 2.80. The van der Waals surface area contributed by atoms with E-state index in [1.165, 1.54) is 0 Å². The molecule has 3 N–H and O–H groups in total. The number of hydrogen-bond acceptors (Lipinski definition) is 6. The summed E-state index contributed by atoms with van der Waals surface area (Å²) in [5, 5.41) is 14.6. The van der Waals surface area contributed by atoms with Gasteiger partial charge in [0.05, 0.1) is 32.3 Å². The molecule has 1 atom stereocenters. The van der Waals surface area contributed by atoms with Gasteiger partial charge in [0, 0.05) is 19.6 Å². The van der Waals surface area contributed by atoms with Crippen LogP contribution in [0.15, 0.2) is 0 Å². The molecule has 0 aliphatic carbocycles. The van der Waals surface area contributed by atoms with Crippen molar-refractivity contribution in [1.82, 2.24) is 10.6 Å². The molecule has 21 heavy (non-hydrogen) atoms. The van der Waals surface area contributed by atoms with Crippen molar-refractivity contribution >= 4 is 11.8 Å². The molecule has 124 valence electrons. The van der Waals surface area contributed by atoms with Crippen LogP contribution in [0.1, 0.15) is 26.2 Å². The molecule has 0 aromatic carbocycles. The zero-order valence-corrected chi connectivity index (χ0v) is 13.0. The lowest BCUT2D eigenvalue weighted by Crippen LogP contribution is -2.38. The number of carbonyl (C=O) groups excluding carboxylic acids is 1. The Labute approximate surface area is 126 Å². The molecule has 0 amide bonds. The van der Waals surface area contributed by atoms with Crippen molar-refractivity contribution in [2.24, 2.45) is 0 Å². The average molecular weight is 304 g/mol. The number of carboxylic acid groups (broad SMARTS) is 1. The fraction of sp³-hybridized carbons (Fsp3) is 0.857. The third-order valence-electron chi connectivity index (χ3n) is 2.80. The number of likely N-dealkylation sites (N-methyl/N-ethyl adjacent to an activating group) is 2. The predicted octanol–water partition coefficient (Wildman–Crippen LogP) is 0.0411. The van der Waals surface area contributed by atoms with Crippen molar-refractivity contribution < 1.29 is 24.2 Å². The number of carboxylic acids is 1. The molecule has 0 aliphatic rings. The van der Waals surface area contributed by atoms with Crippen molar-refractivity contribution in [3.8, 4) is 0 Å². The number of hydrogen-bond donors (Lipinski definition) is 3. The van der Waals surface area contributed by atoms with Crippen LogP contribution in [0, 0.1) is 0 Å². The highest BCUT2D eigenvalue weighted by atomic mass is 16.5. The Kier molecular flexibility index (Phi) is 13.3. The zero-order chi connectivity index (χ0) is 15.9. The Morgan fingerprint density at radius 2 is 1.81 bits per heavy atom. The van der Waals surface area contributed by atoms with Crippen molar-refractivity contribution in [3.63, 3.8) is 0 Å². The van der Waals surface area contributed by atoms with Gasteiger partial charge in [0.25, 0.3) is 0 Å². The normalized spacial score (nSPS) is 12.3. The van der Waals surface area contributed by atoms with Crippen LogP contribution in [0.25, 0.3) is 0 Å². The highest BCUT2D eigenvalue weighted by Gasteiger charge is 2.19. The monoisotopic (exact) mass is 304 g/mol. The van der Waals surface area contributed by atoms with Crippen LogP contribution in [0.4, 0.5) is 0 Å². The summed E-state index contributed by atoms with van der Waals surface area (Å²) >= 11 is 0. The SMILES string of the molecule is CCN[C@@H](CC(=O)O)C(=O)CCCOCCOCCNC. The van der Waals surface area contributed by atoms with Gasteiger partial charge in [-0.25, -0.2) is 0 Å². The third kappa shape index (κ3) is 12.4. The van der Waals surface area contributed by atoms with Crippen LogP contribution >= 0.6 is 0 Å². The standard InChI is InChI=1S/C14H28N2O5/c1-3-16-12(11-14(18)19)13(17)5-4-7-20-9-10-21-8-6-15-2/h12,15-16H,3-11H2,1-2H3,(H,18,19)/t12-/m0/s1. The Hall–Kier alpha value is -1.02. The van der Waals surface area contributed by atoms with E-state index in [2.05, 4.69) is 10.6 Å². The number of ether oxygens (including phenoxy) is 2. The Morgan fingerprint density at radius 1 is 1.14 bits per heavy atom. The van der Waals surface area contributed by atoms with Crippen LogP contribution in [0.3, 0.4) is 0 Å². The maximum Gasteiger partial charge on any atom is 0.305 e. The predicted molar refractivity (Wildman–Crippen MR) is 79.5 cm³/mol. The molecule has 0 fully saturated rings. The Morgan fingerprint density at radius 3 is 2.38 bits per heavy atom. The van der Waals surface area contributed by atoms with Gasteiger partial charge in [-0.2, -0.15) is 0 Å². The average Bonchev–Trinajstić information content (AvgIpc) is 2.44. The first-order valence-electron chi connectivity index (χ1n) is 7.39. The maximum atomic E-state index is 11.9. The maximum absolute atomic E-state index is 11.9. The Bertz CT molecular complexity index is 287. The van der Waals surface area contributed by atoms with Gasteiger partial charge in [-0.3, -0.25) is 9.59 Å². The topological polar surface area (TPSA) is 96.9 Å². The zero-order valence-electron chi connectivity index (χ0n) is 13.0. The fourth-order valence-corrected chi connectivity index (χ4v) is 1.74. The number of Topliss-reactive ketones (excluding diaryl/α,β-unsaturated/α-hetero) is 1. The number of nitrogens with one attached hydrogen (secondary N) is 2. The number of rotatable bonds is 15. The lowest BCUT2D eigenvalue weighted by atomic mass is 10.1. The minimum atomic E-state index is -0.968. The number of ketones is 1. The molecule has 0 aromatic heterocycles. The summed E-state index contributed by atoms with van der Waals surface area (Å²) in [7, 11) is 1.86. The summed E-state index contributed by atoms with van der Waals surface area (Å²) in [6, 6.07) is -0.600. The van der Waals surface area contributed by atoms with Crippen LogP contribution in [-0.2, 0) is 19.1 Å². The number of carbonyl (C=O) groups is 2. The highest BCUT2D eigenvalue weighted by Crippen LogP contribution is 2.01. The van der Waals surface area contributed by atoms with E-state index in [-0.39, 0.29) is 12.2 Å². The Balaban J connectivity index is 3.60. The van der Waals surface area contributed by atoms with Gasteiger partial charge in [-0.15, -0.1) is 0 Å². The van der Waals surface area contributed by atoms with Crippen molar-refractivity contribution in [1.29, 1.82) is 0 Å². The molecule has 0 saturated carbocycles. The smallest absolute Gasteiger partial charge is 0.305 e. The van der Waals surface area contributed by atoms with Gasteiger partial charge < -0.3 is 25.2 Å². The van der Waals surface area contributed by atoms with Crippen molar-refractivity contribution in [2.45, 2.75) is 32.2 Å². The summed E-state index contributed by atoms with van der Waals surface area (Å²) in [6.07, 6.45) is 0.745. The lowest BCUT2D eigenvalue weighted by Gasteiger charge is -2.14. The summed E-state index contributed by atoms with van der Waals surface area (Å²) < 4.78 is 10.6. The minimum Gasteiger partial charge on any atom is -0.481 e. The van der Waals surface area contributed by atoms with Crippen LogP contribution in [-0.4, -0.2) is 69.5 Å². The van der Waals surface area contributed by atoms with Gasteiger partial charge in [0.1, 0.15) is 5.78 Å². The molecule has 7 heteroatoms. The second kappa shape index (κ2) is 13.9. The summed E-state index contributed by atoms with van der Waals surface area (Å²) in [4.78, 5) is 22.5. The van der Waals surface area contributed by atoms with Crippen LogP contribution < -0.4 is 10.6 Å². The molecule has 7 nitrogen and oxygen atoms in total. The highest BCUT2D eigenvalue weighted by molar-refractivity contribution is 5.87. The van der Waals surface area contributed by atoms with E-state index < -0.39 is 12.0 Å². The lowest BCUT2D eigenvalue weighted by molar-refractivity contribution is -0.139. The first-order chi connectivity index (χ1) is 10.1. The summed E-state index contributed by atoms with van der Waals surface area (Å²) in [5.74, 6) is -1.04. The van der Waals surface area contributed by atoms with E-state index in [1.54, 1.807) is 0 Å². The molecule has 0 aliphatic heterocycles. The largest absolute Gasteiger partial charge is 0.481 e. The summed E-state index contributed by atoms with van der Waals surface area (Å²) in [5.41, 5.74) is 0. The molecule has 0 rings (SSSR count). The second-order valence-electron chi connectivity index (χ2n) is 4.61. The van der Waals surface area contributed by atoms with Crippen LogP contribution in [0.2, 0.25) is 0 Å². The van der Waals surface area contributed by atoms with Gasteiger partial charge in [0.2, 0.25) is 0 Å². The minimum absolute atomic E-state index is 0.0758. The molecule has 0 bridgehead atoms. The van der Waals surface area contributed by atoms with E-state index in [4.69, 9.17) is 14.6 Å². The first-order valence-corrected chi connectivity index (χ1v) is 7.39. The van der Waals surface area contributed by atoms with Gasteiger partial charge >= 0.3 is 5.97 Å². The molecular weight excluding hydrogens is 276 g/mol. The van der Waals surface area contributed by atoms with Crippen molar-refractivity contribution in [3.05, 3.63) is 0 Å².